The van der Waals surface area contributed by atoms with Gasteiger partial charge in [0.25, 0.3) is 0 Å². The van der Waals surface area contributed by atoms with Gasteiger partial charge in [0, 0.05) is 11.6 Å². The normalized spacial score (nSPS) is 11.8. The van der Waals surface area contributed by atoms with Gasteiger partial charge in [0.1, 0.15) is 0 Å². The van der Waals surface area contributed by atoms with Crippen LogP contribution in [0, 0.1) is 0 Å². The molecule has 0 amide bonds. The zero-order valence-corrected chi connectivity index (χ0v) is 8.87. The molecule has 0 aliphatic heterocycles. The topological polar surface area (TPSA) is 12.9 Å². The third-order valence-corrected chi connectivity index (χ3v) is 2.01. The van der Waals surface area contributed by atoms with Crippen LogP contribution in [0.25, 0.3) is 0 Å². The van der Waals surface area contributed by atoms with E-state index in [2.05, 4.69) is 25.8 Å². The molecule has 0 radical (unpaired) electrons. The number of aromatic nitrogens is 1. The van der Waals surface area contributed by atoms with Crippen molar-refractivity contribution in [1.82, 2.24) is 4.98 Å². The molecule has 1 rings (SSSR count). The number of pyridine rings is 1. The van der Waals surface area contributed by atoms with E-state index in [0.29, 0.717) is 10.0 Å². The molecular formula is C9H11Cl2N. The molecule has 3 heteroatoms. The lowest BCUT2D eigenvalue weighted by Crippen LogP contribution is -2.13. The standard InChI is InChI=1S/C9H11Cl2N/c1-9(2,3)8-7(11)4-6(10)5-12-8/h4-5H,1-3H3. The van der Waals surface area contributed by atoms with Crippen LogP contribution in [0.4, 0.5) is 0 Å². The van der Waals surface area contributed by atoms with E-state index in [0.717, 1.165) is 5.69 Å². The summed E-state index contributed by atoms with van der Waals surface area (Å²) in [5, 5.41) is 1.21. The second kappa shape index (κ2) is 3.23. The average molecular weight is 204 g/mol. The fourth-order valence-corrected chi connectivity index (χ4v) is 1.63. The highest BCUT2D eigenvalue weighted by Gasteiger charge is 2.18. The van der Waals surface area contributed by atoms with Crippen molar-refractivity contribution >= 4 is 23.2 Å². The van der Waals surface area contributed by atoms with E-state index in [9.17, 15) is 0 Å². The van der Waals surface area contributed by atoms with Crippen LogP contribution < -0.4 is 0 Å². The predicted octanol–water partition coefficient (Wildman–Crippen LogP) is 3.69. The molecule has 0 atom stereocenters. The zero-order chi connectivity index (χ0) is 9.35. The first kappa shape index (κ1) is 9.82. The van der Waals surface area contributed by atoms with Crippen molar-refractivity contribution in [2.75, 3.05) is 0 Å². The lowest BCUT2D eigenvalue weighted by molar-refractivity contribution is 0.569. The number of halogens is 2. The van der Waals surface area contributed by atoms with Crippen LogP contribution in [0.1, 0.15) is 26.5 Å². The monoisotopic (exact) mass is 203 g/mol. The second-order valence-corrected chi connectivity index (χ2v) is 4.58. The van der Waals surface area contributed by atoms with E-state index < -0.39 is 0 Å². The van der Waals surface area contributed by atoms with Gasteiger partial charge >= 0.3 is 0 Å². The van der Waals surface area contributed by atoms with Crippen molar-refractivity contribution in [2.24, 2.45) is 0 Å². The van der Waals surface area contributed by atoms with Crippen LogP contribution in [0.2, 0.25) is 10.0 Å². The Bertz CT molecular complexity index is 289. The Labute approximate surface area is 82.7 Å². The second-order valence-electron chi connectivity index (χ2n) is 3.73. The summed E-state index contributed by atoms with van der Waals surface area (Å²) in [5.41, 5.74) is 0.857. The van der Waals surface area contributed by atoms with Crippen molar-refractivity contribution in [3.63, 3.8) is 0 Å². The lowest BCUT2D eigenvalue weighted by Gasteiger charge is -2.18. The van der Waals surface area contributed by atoms with Crippen LogP contribution >= 0.6 is 23.2 Å². The summed E-state index contributed by atoms with van der Waals surface area (Å²) in [6.45, 7) is 6.19. The maximum absolute atomic E-state index is 5.97. The minimum atomic E-state index is -0.0261. The highest BCUT2D eigenvalue weighted by atomic mass is 35.5. The largest absolute Gasteiger partial charge is 0.258 e. The smallest absolute Gasteiger partial charge is 0.0644 e. The molecule has 0 aliphatic rings. The Morgan fingerprint density at radius 3 is 2.25 bits per heavy atom. The number of hydrogen-bond acceptors (Lipinski definition) is 1. The molecule has 1 heterocycles. The highest BCUT2D eigenvalue weighted by Crippen LogP contribution is 2.28. The summed E-state index contributed by atoms with van der Waals surface area (Å²) in [5.74, 6) is 0. The van der Waals surface area contributed by atoms with E-state index in [4.69, 9.17) is 23.2 Å². The zero-order valence-electron chi connectivity index (χ0n) is 7.36. The SMILES string of the molecule is CC(C)(C)c1ncc(Cl)cc1Cl. The molecule has 0 aromatic carbocycles. The Morgan fingerprint density at radius 1 is 1.25 bits per heavy atom. The molecule has 1 nitrogen and oxygen atoms in total. The average Bonchev–Trinajstić information content (AvgIpc) is 1.83. The third-order valence-electron chi connectivity index (χ3n) is 1.52. The maximum atomic E-state index is 5.97. The van der Waals surface area contributed by atoms with Gasteiger partial charge in [-0.3, -0.25) is 4.98 Å². The van der Waals surface area contributed by atoms with Gasteiger partial charge in [0.15, 0.2) is 0 Å². The van der Waals surface area contributed by atoms with Crippen molar-refractivity contribution < 1.29 is 0 Å². The first-order valence-corrected chi connectivity index (χ1v) is 4.48. The lowest BCUT2D eigenvalue weighted by atomic mass is 9.92. The van der Waals surface area contributed by atoms with Gasteiger partial charge in [-0.05, 0) is 6.07 Å². The molecule has 1 aromatic rings. The van der Waals surface area contributed by atoms with E-state index >= 15 is 0 Å². The van der Waals surface area contributed by atoms with E-state index in [-0.39, 0.29) is 5.41 Å². The van der Waals surface area contributed by atoms with Crippen LogP contribution in [0.15, 0.2) is 12.3 Å². The van der Waals surface area contributed by atoms with Crippen molar-refractivity contribution in [1.29, 1.82) is 0 Å². The van der Waals surface area contributed by atoms with E-state index in [1.807, 2.05) is 0 Å². The molecule has 0 N–H and O–H groups in total. The van der Waals surface area contributed by atoms with Crippen LogP contribution in [0.5, 0.6) is 0 Å². The van der Waals surface area contributed by atoms with Gasteiger partial charge in [-0.15, -0.1) is 0 Å². The Balaban J connectivity index is 3.19. The molecule has 12 heavy (non-hydrogen) atoms. The molecule has 0 saturated heterocycles. The molecular weight excluding hydrogens is 193 g/mol. The molecule has 0 bridgehead atoms. The van der Waals surface area contributed by atoms with Crippen LogP contribution in [-0.2, 0) is 5.41 Å². The van der Waals surface area contributed by atoms with E-state index in [1.54, 1.807) is 12.3 Å². The first-order chi connectivity index (χ1) is 5.41. The molecule has 0 unspecified atom stereocenters. The number of nitrogens with zero attached hydrogens (tertiary/aromatic N) is 1. The fourth-order valence-electron chi connectivity index (χ4n) is 0.966. The molecule has 0 spiro atoms. The van der Waals surface area contributed by atoms with Gasteiger partial charge in [0.05, 0.1) is 15.7 Å². The van der Waals surface area contributed by atoms with Gasteiger partial charge in [0.2, 0.25) is 0 Å². The van der Waals surface area contributed by atoms with Gasteiger partial charge in [-0.1, -0.05) is 44.0 Å². The predicted molar refractivity (Wildman–Crippen MR) is 53.0 cm³/mol. The summed E-state index contributed by atoms with van der Waals surface area (Å²) >= 11 is 11.7. The highest BCUT2D eigenvalue weighted by molar-refractivity contribution is 6.34. The van der Waals surface area contributed by atoms with Crippen molar-refractivity contribution in [3.8, 4) is 0 Å². The quantitative estimate of drug-likeness (QED) is 0.628. The maximum Gasteiger partial charge on any atom is 0.0644 e. The van der Waals surface area contributed by atoms with E-state index in [1.165, 1.54) is 0 Å². The summed E-state index contributed by atoms with van der Waals surface area (Å²) in [7, 11) is 0. The van der Waals surface area contributed by atoms with Gasteiger partial charge in [-0.25, -0.2) is 0 Å². The van der Waals surface area contributed by atoms with Crippen molar-refractivity contribution in [3.05, 3.63) is 28.0 Å². The molecule has 1 aromatic heterocycles. The summed E-state index contributed by atoms with van der Waals surface area (Å²) in [6, 6.07) is 1.72. The Hall–Kier alpha value is -0.270. The summed E-state index contributed by atoms with van der Waals surface area (Å²) in [4.78, 5) is 4.19. The summed E-state index contributed by atoms with van der Waals surface area (Å²) in [6.07, 6.45) is 1.62. The molecule has 66 valence electrons. The van der Waals surface area contributed by atoms with Crippen LogP contribution in [0.3, 0.4) is 0 Å². The van der Waals surface area contributed by atoms with Crippen molar-refractivity contribution in [2.45, 2.75) is 26.2 Å². The fraction of sp³-hybridized carbons (Fsp3) is 0.444. The summed E-state index contributed by atoms with van der Waals surface area (Å²) < 4.78 is 0. The van der Waals surface area contributed by atoms with Gasteiger partial charge < -0.3 is 0 Å². The Morgan fingerprint density at radius 2 is 1.83 bits per heavy atom. The molecule has 0 saturated carbocycles. The third kappa shape index (κ3) is 2.11. The molecule has 0 fully saturated rings. The molecule has 0 aliphatic carbocycles. The Kier molecular flexibility index (Phi) is 2.64. The number of hydrogen-bond donors (Lipinski definition) is 0. The first-order valence-electron chi connectivity index (χ1n) is 3.73. The minimum absolute atomic E-state index is 0.0261. The minimum Gasteiger partial charge on any atom is -0.258 e. The van der Waals surface area contributed by atoms with Gasteiger partial charge in [-0.2, -0.15) is 0 Å². The number of rotatable bonds is 0. The van der Waals surface area contributed by atoms with Crippen LogP contribution in [-0.4, -0.2) is 4.98 Å².